The van der Waals surface area contributed by atoms with Gasteiger partial charge in [-0.1, -0.05) is 6.42 Å². The largest absolute Gasteiger partial charge is 0.468 e. The zero-order valence-electron chi connectivity index (χ0n) is 18.2. The number of aliphatic imine (C=N–C) groups is 1. The Labute approximate surface area is 175 Å². The molecule has 29 heavy (non-hydrogen) atoms. The molecule has 7 heteroatoms. The molecule has 1 aliphatic carbocycles. The topological polar surface area (TPSA) is 65.3 Å². The van der Waals surface area contributed by atoms with Gasteiger partial charge in [-0.3, -0.25) is 14.8 Å². The summed E-state index contributed by atoms with van der Waals surface area (Å²) in [5.74, 6) is 1.91. The van der Waals surface area contributed by atoms with Crippen molar-refractivity contribution in [1.82, 2.24) is 20.4 Å². The van der Waals surface area contributed by atoms with Gasteiger partial charge in [0.15, 0.2) is 5.96 Å². The van der Waals surface area contributed by atoms with Crippen molar-refractivity contribution in [2.24, 2.45) is 4.99 Å². The normalized spacial score (nSPS) is 19.5. The summed E-state index contributed by atoms with van der Waals surface area (Å²) in [6, 6.07) is 5.02. The van der Waals surface area contributed by atoms with Crippen molar-refractivity contribution in [3.05, 3.63) is 24.2 Å². The van der Waals surface area contributed by atoms with Crippen LogP contribution in [0.5, 0.6) is 0 Å². The van der Waals surface area contributed by atoms with Gasteiger partial charge in [-0.25, -0.2) is 0 Å². The number of nitrogens with one attached hydrogen (secondary N) is 2. The summed E-state index contributed by atoms with van der Waals surface area (Å²) in [4.78, 5) is 9.96. The highest BCUT2D eigenvalue weighted by atomic mass is 16.5. The van der Waals surface area contributed by atoms with Crippen LogP contribution in [0.15, 0.2) is 27.8 Å². The maximum absolute atomic E-state index is 5.75. The van der Waals surface area contributed by atoms with Crippen LogP contribution in [0.2, 0.25) is 0 Å². The lowest BCUT2D eigenvalue weighted by molar-refractivity contribution is 0.144. The summed E-state index contributed by atoms with van der Waals surface area (Å²) in [6.07, 6.45) is 8.26. The first kappa shape index (κ1) is 22.1. The Kier molecular flexibility index (Phi) is 9.31. The third kappa shape index (κ3) is 7.32. The van der Waals surface area contributed by atoms with Crippen molar-refractivity contribution in [3.8, 4) is 0 Å². The molecule has 0 amide bonds. The van der Waals surface area contributed by atoms with Gasteiger partial charge in [-0.15, -0.1) is 0 Å². The average molecular weight is 406 g/mol. The number of hydrogen-bond donors (Lipinski definition) is 2. The molecule has 0 radical (unpaired) electrons. The zero-order chi connectivity index (χ0) is 20.3. The number of rotatable bonds is 12. The molecule has 0 bridgehead atoms. The summed E-state index contributed by atoms with van der Waals surface area (Å²) in [7, 11) is 1.77. The molecule has 1 aromatic heterocycles. The molecule has 164 valence electrons. The van der Waals surface area contributed by atoms with E-state index >= 15 is 0 Å². The van der Waals surface area contributed by atoms with E-state index in [-0.39, 0.29) is 6.04 Å². The van der Waals surface area contributed by atoms with Gasteiger partial charge in [0, 0.05) is 39.3 Å². The van der Waals surface area contributed by atoms with Gasteiger partial charge in [0.25, 0.3) is 0 Å². The molecule has 2 N–H and O–H groups in total. The van der Waals surface area contributed by atoms with Crippen molar-refractivity contribution in [1.29, 1.82) is 0 Å². The first-order valence-corrected chi connectivity index (χ1v) is 11.3. The van der Waals surface area contributed by atoms with E-state index in [9.17, 15) is 0 Å². The van der Waals surface area contributed by atoms with Crippen molar-refractivity contribution in [3.63, 3.8) is 0 Å². The minimum Gasteiger partial charge on any atom is -0.468 e. The molecule has 7 nitrogen and oxygen atoms in total. The van der Waals surface area contributed by atoms with Crippen molar-refractivity contribution >= 4 is 5.96 Å². The van der Waals surface area contributed by atoms with E-state index in [0.29, 0.717) is 6.54 Å². The number of methoxy groups -OCH3 is 1. The van der Waals surface area contributed by atoms with Crippen molar-refractivity contribution in [2.45, 2.75) is 51.1 Å². The van der Waals surface area contributed by atoms with Crippen LogP contribution in [0.4, 0.5) is 0 Å². The standard InChI is InChI=1S/C22H39N5O2/c1-3-23-22(24-11-14-26(15-17-28-2)19-9-10-19)25-18-20(21-8-7-16-29-21)27-12-5-4-6-13-27/h7-8,16,19-20H,3-6,9-15,17-18H2,1-2H3,(H2,23,24,25). The summed E-state index contributed by atoms with van der Waals surface area (Å²) in [5.41, 5.74) is 0. The Morgan fingerprint density at radius 2 is 2.10 bits per heavy atom. The first-order valence-electron chi connectivity index (χ1n) is 11.3. The number of ether oxygens (including phenoxy) is 1. The molecular formula is C22H39N5O2. The first-order chi connectivity index (χ1) is 14.3. The van der Waals surface area contributed by atoms with Crippen molar-refractivity contribution < 1.29 is 9.15 Å². The molecule has 1 unspecified atom stereocenters. The van der Waals surface area contributed by atoms with E-state index in [2.05, 4.69) is 33.4 Å². The van der Waals surface area contributed by atoms with Crippen LogP contribution in [-0.4, -0.2) is 81.3 Å². The highest BCUT2D eigenvalue weighted by Crippen LogP contribution is 2.26. The second-order valence-corrected chi connectivity index (χ2v) is 8.03. The van der Waals surface area contributed by atoms with Crippen LogP contribution in [0.25, 0.3) is 0 Å². The number of nitrogens with zero attached hydrogens (tertiary/aromatic N) is 3. The fourth-order valence-corrected chi connectivity index (χ4v) is 4.06. The Hall–Kier alpha value is -1.57. The fourth-order valence-electron chi connectivity index (χ4n) is 4.06. The number of guanidine groups is 1. The van der Waals surface area contributed by atoms with E-state index in [1.807, 2.05) is 6.07 Å². The summed E-state index contributed by atoms with van der Waals surface area (Å²) >= 11 is 0. The highest BCUT2D eigenvalue weighted by molar-refractivity contribution is 5.79. The minimum absolute atomic E-state index is 0.213. The molecule has 0 spiro atoms. The summed E-state index contributed by atoms with van der Waals surface area (Å²) < 4.78 is 11.0. The minimum atomic E-state index is 0.213. The van der Waals surface area contributed by atoms with Crippen LogP contribution in [0.1, 0.15) is 50.8 Å². The number of furan rings is 1. The second kappa shape index (κ2) is 12.2. The predicted octanol–water partition coefficient (Wildman–Crippen LogP) is 2.47. The molecular weight excluding hydrogens is 366 g/mol. The van der Waals surface area contributed by atoms with Gasteiger partial charge in [-0.05, 0) is 57.8 Å². The zero-order valence-corrected chi connectivity index (χ0v) is 18.2. The van der Waals surface area contributed by atoms with Crippen LogP contribution < -0.4 is 10.6 Å². The second-order valence-electron chi connectivity index (χ2n) is 8.03. The quantitative estimate of drug-likeness (QED) is 0.411. The lowest BCUT2D eigenvalue weighted by Gasteiger charge is -2.32. The molecule has 2 heterocycles. The van der Waals surface area contributed by atoms with Crippen molar-refractivity contribution in [2.75, 3.05) is 59.5 Å². The molecule has 3 rings (SSSR count). The Morgan fingerprint density at radius 1 is 1.28 bits per heavy atom. The molecule has 1 aromatic rings. The number of piperidine rings is 1. The third-order valence-electron chi connectivity index (χ3n) is 5.81. The monoisotopic (exact) mass is 405 g/mol. The van der Waals surface area contributed by atoms with Gasteiger partial charge in [0.1, 0.15) is 5.76 Å². The lowest BCUT2D eigenvalue weighted by atomic mass is 10.1. The van der Waals surface area contributed by atoms with Gasteiger partial charge in [-0.2, -0.15) is 0 Å². The predicted molar refractivity (Wildman–Crippen MR) is 117 cm³/mol. The molecule has 1 aliphatic heterocycles. The fraction of sp³-hybridized carbons (Fsp3) is 0.773. The Bertz CT molecular complexity index is 582. The molecule has 0 aromatic carbocycles. The highest BCUT2D eigenvalue weighted by Gasteiger charge is 2.28. The molecule has 2 aliphatic rings. The molecule has 1 saturated carbocycles. The lowest BCUT2D eigenvalue weighted by Crippen LogP contribution is -2.43. The third-order valence-corrected chi connectivity index (χ3v) is 5.81. The molecule has 1 atom stereocenters. The summed E-state index contributed by atoms with van der Waals surface area (Å²) in [6.45, 7) is 9.64. The van der Waals surface area contributed by atoms with E-state index in [1.165, 1.54) is 32.1 Å². The Morgan fingerprint density at radius 3 is 2.76 bits per heavy atom. The summed E-state index contributed by atoms with van der Waals surface area (Å²) in [5, 5.41) is 6.92. The van der Waals surface area contributed by atoms with E-state index in [0.717, 1.165) is 63.6 Å². The van der Waals surface area contributed by atoms with Crippen LogP contribution in [0.3, 0.4) is 0 Å². The molecule has 1 saturated heterocycles. The molecule has 2 fully saturated rings. The smallest absolute Gasteiger partial charge is 0.191 e. The van der Waals surface area contributed by atoms with E-state index in [4.69, 9.17) is 14.1 Å². The van der Waals surface area contributed by atoms with Crippen LogP contribution >= 0.6 is 0 Å². The Balaban J connectivity index is 1.54. The van der Waals surface area contributed by atoms with Crippen LogP contribution in [-0.2, 0) is 4.74 Å². The van der Waals surface area contributed by atoms with Crippen LogP contribution in [0, 0.1) is 0 Å². The number of likely N-dealkylation sites (tertiary alicyclic amines) is 1. The van der Waals surface area contributed by atoms with E-state index in [1.54, 1.807) is 13.4 Å². The maximum atomic E-state index is 5.75. The van der Waals surface area contributed by atoms with Gasteiger partial charge in [0.05, 0.1) is 25.5 Å². The van der Waals surface area contributed by atoms with Gasteiger partial charge in [0.2, 0.25) is 0 Å². The SMILES string of the molecule is CCNC(=NCC(c1ccco1)N1CCCCC1)NCCN(CCOC)C1CC1. The van der Waals surface area contributed by atoms with Gasteiger partial charge >= 0.3 is 0 Å². The van der Waals surface area contributed by atoms with Gasteiger partial charge < -0.3 is 19.8 Å². The van der Waals surface area contributed by atoms with E-state index < -0.39 is 0 Å². The number of hydrogen-bond acceptors (Lipinski definition) is 5. The average Bonchev–Trinajstić information content (AvgIpc) is 3.46. The maximum Gasteiger partial charge on any atom is 0.191 e.